The maximum Gasteiger partial charge on any atom is 0.0749 e. The van der Waals surface area contributed by atoms with Crippen LogP contribution in [0.5, 0.6) is 0 Å². The molecule has 0 aliphatic rings. The monoisotopic (exact) mass is 215 g/mol. The van der Waals surface area contributed by atoms with Crippen molar-refractivity contribution in [3.05, 3.63) is 18.0 Å². The molecule has 14 heavy (non-hydrogen) atoms. The van der Waals surface area contributed by atoms with Crippen molar-refractivity contribution in [2.24, 2.45) is 5.73 Å². The average Bonchev–Trinajstić information content (AvgIpc) is 2.53. The van der Waals surface area contributed by atoms with Gasteiger partial charge in [0.05, 0.1) is 11.4 Å². The molecule has 0 aromatic carbocycles. The SMILES string of the molecule is CC(C)n1ccc(CS(=O)CCN)n1. The van der Waals surface area contributed by atoms with Crippen LogP contribution in [0.3, 0.4) is 0 Å². The van der Waals surface area contributed by atoms with Crippen molar-refractivity contribution < 1.29 is 4.21 Å². The van der Waals surface area contributed by atoms with Gasteiger partial charge in [-0.1, -0.05) is 0 Å². The predicted octanol–water partition coefficient (Wildman–Crippen LogP) is 0.671. The standard InChI is InChI=1S/C9H17N3OS/c1-8(2)12-5-3-9(11-12)7-14(13)6-4-10/h3,5,8H,4,6-7,10H2,1-2H3. The Labute approximate surface area is 86.9 Å². The minimum atomic E-state index is -0.872. The Balaban J connectivity index is 2.55. The van der Waals surface area contributed by atoms with E-state index in [1.54, 1.807) is 0 Å². The Kier molecular flexibility index (Phi) is 4.28. The molecule has 1 aromatic rings. The summed E-state index contributed by atoms with van der Waals surface area (Å²) < 4.78 is 13.2. The summed E-state index contributed by atoms with van der Waals surface area (Å²) >= 11 is 0. The molecule has 1 heterocycles. The van der Waals surface area contributed by atoms with Crippen molar-refractivity contribution in [2.45, 2.75) is 25.6 Å². The van der Waals surface area contributed by atoms with Gasteiger partial charge in [-0.05, 0) is 19.9 Å². The Hall–Kier alpha value is -0.680. The topological polar surface area (TPSA) is 60.9 Å². The van der Waals surface area contributed by atoms with Crippen LogP contribution in [0.4, 0.5) is 0 Å². The van der Waals surface area contributed by atoms with E-state index in [2.05, 4.69) is 18.9 Å². The van der Waals surface area contributed by atoms with Crippen LogP contribution >= 0.6 is 0 Å². The van der Waals surface area contributed by atoms with Gasteiger partial charge < -0.3 is 5.73 Å². The lowest BCUT2D eigenvalue weighted by atomic mass is 10.4. The van der Waals surface area contributed by atoms with Gasteiger partial charge in [-0.3, -0.25) is 8.89 Å². The van der Waals surface area contributed by atoms with Crippen LogP contribution in [-0.4, -0.2) is 26.3 Å². The molecule has 0 saturated heterocycles. The molecule has 1 aromatic heterocycles. The predicted molar refractivity (Wildman–Crippen MR) is 58.4 cm³/mol. The molecule has 0 amide bonds. The fourth-order valence-electron chi connectivity index (χ4n) is 1.11. The molecule has 0 bridgehead atoms. The zero-order valence-electron chi connectivity index (χ0n) is 8.64. The summed E-state index contributed by atoms with van der Waals surface area (Å²) in [4.78, 5) is 0. The van der Waals surface area contributed by atoms with Crippen LogP contribution < -0.4 is 5.73 Å². The maximum absolute atomic E-state index is 11.4. The Morgan fingerprint density at radius 1 is 1.64 bits per heavy atom. The molecule has 1 unspecified atom stereocenters. The van der Waals surface area contributed by atoms with Crippen molar-refractivity contribution in [3.63, 3.8) is 0 Å². The largest absolute Gasteiger partial charge is 0.330 e. The van der Waals surface area contributed by atoms with Crippen LogP contribution in [0.2, 0.25) is 0 Å². The van der Waals surface area contributed by atoms with E-state index in [0.29, 0.717) is 24.1 Å². The Morgan fingerprint density at radius 3 is 2.86 bits per heavy atom. The molecule has 4 nitrogen and oxygen atoms in total. The van der Waals surface area contributed by atoms with E-state index in [1.165, 1.54) is 0 Å². The van der Waals surface area contributed by atoms with Crippen LogP contribution in [0.25, 0.3) is 0 Å². The highest BCUT2D eigenvalue weighted by Crippen LogP contribution is 2.05. The zero-order valence-corrected chi connectivity index (χ0v) is 9.46. The van der Waals surface area contributed by atoms with E-state index in [1.807, 2.05) is 16.9 Å². The first-order chi connectivity index (χ1) is 6.63. The highest BCUT2D eigenvalue weighted by molar-refractivity contribution is 7.84. The lowest BCUT2D eigenvalue weighted by Crippen LogP contribution is -2.12. The number of nitrogens with two attached hydrogens (primary N) is 1. The minimum Gasteiger partial charge on any atom is -0.330 e. The number of hydrogen-bond donors (Lipinski definition) is 1. The summed E-state index contributed by atoms with van der Waals surface area (Å²) in [6.07, 6.45) is 1.92. The Bertz CT molecular complexity index is 309. The van der Waals surface area contributed by atoms with E-state index < -0.39 is 10.8 Å². The third kappa shape index (κ3) is 3.23. The zero-order chi connectivity index (χ0) is 10.6. The number of rotatable bonds is 5. The smallest absolute Gasteiger partial charge is 0.0749 e. The van der Waals surface area contributed by atoms with Gasteiger partial charge in [0.1, 0.15) is 0 Å². The highest BCUT2D eigenvalue weighted by atomic mass is 32.2. The second-order valence-corrected chi connectivity index (χ2v) is 5.03. The number of hydrogen-bond acceptors (Lipinski definition) is 3. The lowest BCUT2D eigenvalue weighted by molar-refractivity contribution is 0.528. The second kappa shape index (κ2) is 5.26. The normalized spacial score (nSPS) is 13.4. The van der Waals surface area contributed by atoms with Gasteiger partial charge in [0.15, 0.2) is 0 Å². The number of nitrogens with zero attached hydrogens (tertiary/aromatic N) is 2. The molecule has 2 N–H and O–H groups in total. The quantitative estimate of drug-likeness (QED) is 0.785. The van der Waals surface area contributed by atoms with Crippen molar-refractivity contribution in [2.75, 3.05) is 12.3 Å². The molecule has 1 rings (SSSR count). The molecule has 0 saturated carbocycles. The lowest BCUT2D eigenvalue weighted by Gasteiger charge is -2.03. The average molecular weight is 215 g/mol. The first-order valence-corrected chi connectivity index (χ1v) is 6.21. The van der Waals surface area contributed by atoms with E-state index in [0.717, 1.165) is 5.69 Å². The van der Waals surface area contributed by atoms with Gasteiger partial charge in [-0.25, -0.2) is 0 Å². The molecule has 0 radical (unpaired) electrons. The van der Waals surface area contributed by atoms with E-state index in [-0.39, 0.29) is 0 Å². The van der Waals surface area contributed by atoms with E-state index >= 15 is 0 Å². The van der Waals surface area contributed by atoms with Crippen molar-refractivity contribution >= 4 is 10.8 Å². The fraction of sp³-hybridized carbons (Fsp3) is 0.667. The van der Waals surface area contributed by atoms with Gasteiger partial charge >= 0.3 is 0 Å². The molecular formula is C9H17N3OS. The van der Waals surface area contributed by atoms with Crippen molar-refractivity contribution in [1.29, 1.82) is 0 Å². The summed E-state index contributed by atoms with van der Waals surface area (Å²) in [5.41, 5.74) is 6.20. The fourth-order valence-corrected chi connectivity index (χ4v) is 2.00. The summed E-state index contributed by atoms with van der Waals surface area (Å²) in [6.45, 7) is 4.60. The summed E-state index contributed by atoms with van der Waals surface area (Å²) in [6, 6.07) is 2.26. The molecule has 5 heteroatoms. The second-order valence-electron chi connectivity index (χ2n) is 3.46. The first kappa shape index (κ1) is 11.4. The van der Waals surface area contributed by atoms with Gasteiger partial charge in [0.25, 0.3) is 0 Å². The van der Waals surface area contributed by atoms with Crippen LogP contribution in [0.1, 0.15) is 25.6 Å². The van der Waals surface area contributed by atoms with Crippen molar-refractivity contribution in [3.8, 4) is 0 Å². The number of aromatic nitrogens is 2. The van der Waals surface area contributed by atoms with Gasteiger partial charge in [-0.2, -0.15) is 5.10 Å². The third-order valence-electron chi connectivity index (χ3n) is 1.85. The molecule has 0 aliphatic heterocycles. The summed E-state index contributed by atoms with van der Waals surface area (Å²) in [5, 5.41) is 4.31. The molecular weight excluding hydrogens is 198 g/mol. The van der Waals surface area contributed by atoms with Crippen LogP contribution in [0, 0.1) is 0 Å². The third-order valence-corrected chi connectivity index (χ3v) is 3.16. The molecule has 0 aliphatic carbocycles. The highest BCUT2D eigenvalue weighted by Gasteiger charge is 2.05. The maximum atomic E-state index is 11.4. The first-order valence-electron chi connectivity index (χ1n) is 4.72. The van der Waals surface area contributed by atoms with Crippen LogP contribution in [-0.2, 0) is 16.6 Å². The summed E-state index contributed by atoms with van der Waals surface area (Å²) in [5.74, 6) is 1.06. The van der Waals surface area contributed by atoms with Gasteiger partial charge in [0, 0.05) is 35.3 Å². The van der Waals surface area contributed by atoms with Crippen molar-refractivity contribution in [1.82, 2.24) is 9.78 Å². The molecule has 0 spiro atoms. The molecule has 1 atom stereocenters. The summed E-state index contributed by atoms with van der Waals surface area (Å²) in [7, 11) is -0.872. The van der Waals surface area contributed by atoms with E-state index in [4.69, 9.17) is 5.73 Å². The molecule has 0 fully saturated rings. The van der Waals surface area contributed by atoms with Gasteiger partial charge in [0.2, 0.25) is 0 Å². The van der Waals surface area contributed by atoms with E-state index in [9.17, 15) is 4.21 Å². The molecule has 80 valence electrons. The van der Waals surface area contributed by atoms with Gasteiger partial charge in [-0.15, -0.1) is 0 Å². The Morgan fingerprint density at radius 2 is 2.36 bits per heavy atom. The minimum absolute atomic E-state index is 0.353. The van der Waals surface area contributed by atoms with Crippen LogP contribution in [0.15, 0.2) is 12.3 Å².